The first-order chi connectivity index (χ1) is 7.36. The number of carbonyl (C=O) groups excluding carboxylic acids is 1. The first kappa shape index (κ1) is 13.0. The van der Waals surface area contributed by atoms with Gasteiger partial charge >= 0.3 is 0 Å². The average molecular weight is 223 g/mol. The molecule has 1 aliphatic heterocycles. The Morgan fingerprint density at radius 2 is 1.75 bits per heavy atom. The maximum atomic E-state index is 12.0. The fraction of sp³-hybridized carbons (Fsp3) is 0.833. The van der Waals surface area contributed by atoms with Gasteiger partial charge in [-0.2, -0.15) is 5.26 Å². The standard InChI is InChI=1S/C12H21N3O/c1-10(9-13)14-5-7-15(8-6-14)11(16)12(2,3)4/h10H,5-8H2,1-4H3. The molecule has 0 aliphatic carbocycles. The number of piperazine rings is 1. The molecule has 0 aromatic rings. The quantitative estimate of drug-likeness (QED) is 0.668. The van der Waals surface area contributed by atoms with Crippen LogP contribution in [0.1, 0.15) is 27.7 Å². The Bertz CT molecular complexity index is 292. The minimum Gasteiger partial charge on any atom is -0.340 e. The van der Waals surface area contributed by atoms with E-state index in [9.17, 15) is 4.79 Å². The summed E-state index contributed by atoms with van der Waals surface area (Å²) in [6.07, 6.45) is 0. The zero-order valence-corrected chi connectivity index (χ0v) is 10.7. The number of amides is 1. The molecular formula is C12H21N3O. The molecule has 90 valence electrons. The molecule has 0 N–H and O–H groups in total. The van der Waals surface area contributed by atoms with Crippen molar-refractivity contribution in [2.45, 2.75) is 33.7 Å². The van der Waals surface area contributed by atoms with Crippen LogP contribution < -0.4 is 0 Å². The van der Waals surface area contributed by atoms with Crippen LogP contribution in [-0.2, 0) is 4.79 Å². The number of hydrogen-bond donors (Lipinski definition) is 0. The van der Waals surface area contributed by atoms with Crippen molar-refractivity contribution >= 4 is 5.91 Å². The van der Waals surface area contributed by atoms with Crippen LogP contribution in [0.4, 0.5) is 0 Å². The van der Waals surface area contributed by atoms with E-state index in [4.69, 9.17) is 5.26 Å². The Hall–Kier alpha value is -1.08. The van der Waals surface area contributed by atoms with E-state index in [2.05, 4.69) is 11.0 Å². The highest BCUT2D eigenvalue weighted by atomic mass is 16.2. The number of nitriles is 1. The van der Waals surface area contributed by atoms with E-state index in [1.54, 1.807) is 0 Å². The van der Waals surface area contributed by atoms with E-state index in [0.29, 0.717) is 0 Å². The van der Waals surface area contributed by atoms with E-state index in [0.717, 1.165) is 26.2 Å². The first-order valence-electron chi connectivity index (χ1n) is 5.79. The van der Waals surface area contributed by atoms with E-state index in [1.807, 2.05) is 32.6 Å². The predicted molar refractivity (Wildman–Crippen MR) is 62.7 cm³/mol. The smallest absolute Gasteiger partial charge is 0.228 e. The molecule has 1 heterocycles. The summed E-state index contributed by atoms with van der Waals surface area (Å²) in [5, 5.41) is 8.82. The van der Waals surface area contributed by atoms with Gasteiger partial charge in [0.15, 0.2) is 0 Å². The molecule has 0 radical (unpaired) electrons. The van der Waals surface area contributed by atoms with Crippen molar-refractivity contribution in [3.63, 3.8) is 0 Å². The molecule has 1 atom stereocenters. The molecule has 0 aromatic heterocycles. The molecule has 0 bridgehead atoms. The van der Waals surface area contributed by atoms with Crippen LogP contribution in [0.15, 0.2) is 0 Å². The zero-order valence-electron chi connectivity index (χ0n) is 10.7. The largest absolute Gasteiger partial charge is 0.340 e. The molecule has 16 heavy (non-hydrogen) atoms. The minimum absolute atomic E-state index is 0.0492. The fourth-order valence-corrected chi connectivity index (χ4v) is 1.87. The predicted octanol–water partition coefficient (Wildman–Crippen LogP) is 1.09. The first-order valence-corrected chi connectivity index (χ1v) is 5.79. The van der Waals surface area contributed by atoms with E-state index < -0.39 is 0 Å². The van der Waals surface area contributed by atoms with Gasteiger partial charge in [0.2, 0.25) is 5.91 Å². The van der Waals surface area contributed by atoms with Gasteiger partial charge in [0, 0.05) is 31.6 Å². The lowest BCUT2D eigenvalue weighted by Gasteiger charge is -2.38. The summed E-state index contributed by atoms with van der Waals surface area (Å²) in [7, 11) is 0. The van der Waals surface area contributed by atoms with Crippen LogP contribution in [0.3, 0.4) is 0 Å². The van der Waals surface area contributed by atoms with Crippen molar-refractivity contribution in [1.82, 2.24) is 9.80 Å². The highest BCUT2D eigenvalue weighted by Gasteiger charge is 2.30. The molecule has 1 unspecified atom stereocenters. The second kappa shape index (κ2) is 4.84. The second-order valence-electron chi connectivity index (χ2n) is 5.38. The van der Waals surface area contributed by atoms with Crippen LogP contribution >= 0.6 is 0 Å². The molecule has 0 spiro atoms. The summed E-state index contributed by atoms with van der Waals surface area (Å²) < 4.78 is 0. The normalized spacial score (nSPS) is 20.3. The monoisotopic (exact) mass is 223 g/mol. The third-order valence-corrected chi connectivity index (χ3v) is 2.98. The molecular weight excluding hydrogens is 202 g/mol. The molecule has 0 aromatic carbocycles. The topological polar surface area (TPSA) is 47.3 Å². The van der Waals surface area contributed by atoms with Gasteiger partial charge in [0.1, 0.15) is 0 Å². The molecule has 4 heteroatoms. The molecule has 1 amide bonds. The summed E-state index contributed by atoms with van der Waals surface area (Å²) in [6.45, 7) is 10.8. The zero-order chi connectivity index (χ0) is 12.3. The SMILES string of the molecule is CC(C#N)N1CCN(C(=O)C(C)(C)C)CC1. The van der Waals surface area contributed by atoms with Gasteiger partial charge in [-0.25, -0.2) is 0 Å². The van der Waals surface area contributed by atoms with Crippen molar-refractivity contribution in [2.75, 3.05) is 26.2 Å². The summed E-state index contributed by atoms with van der Waals surface area (Å²) in [4.78, 5) is 16.0. The lowest BCUT2D eigenvalue weighted by atomic mass is 9.94. The number of rotatable bonds is 1. The van der Waals surface area contributed by atoms with Crippen LogP contribution in [0.25, 0.3) is 0 Å². The van der Waals surface area contributed by atoms with Crippen molar-refractivity contribution < 1.29 is 4.79 Å². The average Bonchev–Trinajstić information content (AvgIpc) is 2.26. The van der Waals surface area contributed by atoms with E-state index in [-0.39, 0.29) is 17.4 Å². The highest BCUT2D eigenvalue weighted by molar-refractivity contribution is 5.81. The van der Waals surface area contributed by atoms with E-state index in [1.165, 1.54) is 0 Å². The molecule has 1 rings (SSSR count). The number of hydrogen-bond acceptors (Lipinski definition) is 3. The van der Waals surface area contributed by atoms with Crippen molar-refractivity contribution in [2.24, 2.45) is 5.41 Å². The van der Waals surface area contributed by atoms with Gasteiger partial charge in [-0.05, 0) is 6.92 Å². The summed E-state index contributed by atoms with van der Waals surface area (Å²) in [5.41, 5.74) is -0.303. The van der Waals surface area contributed by atoms with Crippen molar-refractivity contribution in [3.05, 3.63) is 0 Å². The van der Waals surface area contributed by atoms with Crippen molar-refractivity contribution in [3.8, 4) is 6.07 Å². The van der Waals surface area contributed by atoms with E-state index >= 15 is 0 Å². The summed E-state index contributed by atoms with van der Waals surface area (Å²) >= 11 is 0. The third-order valence-electron chi connectivity index (χ3n) is 2.98. The van der Waals surface area contributed by atoms with Gasteiger partial charge in [-0.1, -0.05) is 20.8 Å². The molecule has 1 saturated heterocycles. The lowest BCUT2D eigenvalue weighted by molar-refractivity contribution is -0.141. The van der Waals surface area contributed by atoms with Gasteiger partial charge in [0.05, 0.1) is 12.1 Å². The van der Waals surface area contributed by atoms with Crippen LogP contribution in [-0.4, -0.2) is 47.9 Å². The Kier molecular flexibility index (Phi) is 3.93. The minimum atomic E-state index is -0.303. The number of nitrogens with zero attached hydrogens (tertiary/aromatic N) is 3. The Labute approximate surface area is 97.8 Å². The summed E-state index contributed by atoms with van der Waals surface area (Å²) in [6, 6.07) is 2.18. The van der Waals surface area contributed by atoms with Crippen LogP contribution in [0.2, 0.25) is 0 Å². The van der Waals surface area contributed by atoms with Crippen LogP contribution in [0, 0.1) is 16.7 Å². The van der Waals surface area contributed by atoms with Gasteiger partial charge in [-0.3, -0.25) is 9.69 Å². The Morgan fingerprint density at radius 1 is 1.25 bits per heavy atom. The molecule has 0 saturated carbocycles. The van der Waals surface area contributed by atoms with Crippen molar-refractivity contribution in [1.29, 1.82) is 5.26 Å². The molecule has 1 aliphatic rings. The lowest BCUT2D eigenvalue weighted by Crippen LogP contribution is -2.53. The molecule has 1 fully saturated rings. The second-order valence-corrected chi connectivity index (χ2v) is 5.38. The Balaban J connectivity index is 2.50. The Morgan fingerprint density at radius 3 is 2.12 bits per heavy atom. The van der Waals surface area contributed by atoms with Gasteiger partial charge in [-0.15, -0.1) is 0 Å². The van der Waals surface area contributed by atoms with Gasteiger partial charge < -0.3 is 4.90 Å². The summed E-state index contributed by atoms with van der Waals surface area (Å²) in [5.74, 6) is 0.205. The van der Waals surface area contributed by atoms with Gasteiger partial charge in [0.25, 0.3) is 0 Å². The maximum absolute atomic E-state index is 12.0. The third kappa shape index (κ3) is 2.96. The number of carbonyl (C=O) groups is 1. The fourth-order valence-electron chi connectivity index (χ4n) is 1.87. The van der Waals surface area contributed by atoms with Crippen LogP contribution in [0.5, 0.6) is 0 Å². The highest BCUT2D eigenvalue weighted by Crippen LogP contribution is 2.18. The molecule has 4 nitrogen and oxygen atoms in total. The maximum Gasteiger partial charge on any atom is 0.228 e.